The summed E-state index contributed by atoms with van der Waals surface area (Å²) in [5, 5.41) is 0. The van der Waals surface area contributed by atoms with Gasteiger partial charge in [0.05, 0.1) is 12.5 Å². The second kappa shape index (κ2) is 14.8. The van der Waals surface area contributed by atoms with Gasteiger partial charge in [-0.05, 0) is 44.2 Å². The number of nitrogens with zero attached hydrogens (tertiary/aromatic N) is 1. The first kappa shape index (κ1) is 23.2. The normalized spacial score (nSPS) is 11.5. The molecule has 2 aromatic heterocycles. The Labute approximate surface area is 175 Å². The van der Waals surface area contributed by atoms with Crippen molar-refractivity contribution >= 4 is 5.78 Å². The third-order valence-corrected chi connectivity index (χ3v) is 5.17. The van der Waals surface area contributed by atoms with Crippen LogP contribution in [0.2, 0.25) is 0 Å². The molecule has 0 unspecified atom stereocenters. The van der Waals surface area contributed by atoms with Crippen LogP contribution in [0.15, 0.2) is 45.6 Å². The summed E-state index contributed by atoms with van der Waals surface area (Å²) in [6.45, 7) is 2.26. The molecule has 160 valence electrons. The van der Waals surface area contributed by atoms with Gasteiger partial charge in [0, 0.05) is 6.42 Å². The first-order valence-corrected chi connectivity index (χ1v) is 11.5. The Morgan fingerprint density at radius 3 is 2.21 bits per heavy atom. The zero-order valence-corrected chi connectivity index (χ0v) is 18.0. The Bertz CT molecular complexity index is 685. The zero-order chi connectivity index (χ0) is 20.6. The van der Waals surface area contributed by atoms with Crippen LogP contribution in [-0.4, -0.2) is 10.8 Å². The monoisotopic (exact) mass is 399 g/mol. The fourth-order valence-corrected chi connectivity index (χ4v) is 3.40. The highest BCUT2D eigenvalue weighted by Crippen LogP contribution is 2.21. The van der Waals surface area contributed by atoms with Crippen LogP contribution in [-0.2, 0) is 0 Å². The van der Waals surface area contributed by atoms with E-state index in [9.17, 15) is 4.79 Å². The topological polar surface area (TPSA) is 56.2 Å². The van der Waals surface area contributed by atoms with Gasteiger partial charge in [-0.1, -0.05) is 70.4 Å². The van der Waals surface area contributed by atoms with Gasteiger partial charge in [-0.25, -0.2) is 4.98 Å². The van der Waals surface area contributed by atoms with Crippen molar-refractivity contribution in [3.63, 3.8) is 0 Å². The Hall–Kier alpha value is -2.10. The van der Waals surface area contributed by atoms with Crippen LogP contribution in [0.25, 0.3) is 11.5 Å². The minimum absolute atomic E-state index is 0.0274. The Morgan fingerprint density at radius 2 is 1.55 bits per heavy atom. The van der Waals surface area contributed by atoms with Gasteiger partial charge in [0.25, 0.3) is 5.89 Å². The van der Waals surface area contributed by atoms with Crippen molar-refractivity contribution in [2.45, 2.75) is 96.8 Å². The molecule has 0 fully saturated rings. The number of aromatic nitrogens is 1. The molecule has 0 N–H and O–H groups in total. The number of oxazole rings is 1. The van der Waals surface area contributed by atoms with Crippen molar-refractivity contribution in [1.29, 1.82) is 0 Å². The van der Waals surface area contributed by atoms with Crippen molar-refractivity contribution in [3.05, 3.63) is 42.6 Å². The molecule has 0 aliphatic heterocycles. The van der Waals surface area contributed by atoms with Crippen molar-refractivity contribution in [1.82, 2.24) is 4.98 Å². The molecule has 0 radical (unpaired) electrons. The smallest absolute Gasteiger partial charge is 0.263 e. The molecule has 0 atom stereocenters. The van der Waals surface area contributed by atoms with E-state index >= 15 is 0 Å². The summed E-state index contributed by atoms with van der Waals surface area (Å²) in [6, 6.07) is 3.57. The van der Waals surface area contributed by atoms with E-state index in [0.717, 1.165) is 12.8 Å². The van der Waals surface area contributed by atoms with Crippen LogP contribution in [0.1, 0.15) is 108 Å². The third kappa shape index (κ3) is 9.78. The van der Waals surface area contributed by atoms with Gasteiger partial charge in [0.2, 0.25) is 5.78 Å². The molecule has 0 aliphatic rings. The average Bonchev–Trinajstić information content (AvgIpc) is 3.42. The predicted octanol–water partition coefficient (Wildman–Crippen LogP) is 8.15. The first-order chi connectivity index (χ1) is 14.3. The van der Waals surface area contributed by atoms with E-state index in [4.69, 9.17) is 8.83 Å². The highest BCUT2D eigenvalue weighted by Gasteiger charge is 2.14. The molecule has 0 bridgehead atoms. The minimum atomic E-state index is -0.0274. The molecule has 0 saturated carbocycles. The fraction of sp³-hybridized carbons (Fsp3) is 0.600. The van der Waals surface area contributed by atoms with Gasteiger partial charge in [-0.3, -0.25) is 4.79 Å². The van der Waals surface area contributed by atoms with E-state index < -0.39 is 0 Å². The van der Waals surface area contributed by atoms with Gasteiger partial charge >= 0.3 is 0 Å². The number of furan rings is 1. The molecule has 2 heterocycles. The molecule has 0 saturated heterocycles. The third-order valence-electron chi connectivity index (χ3n) is 5.17. The van der Waals surface area contributed by atoms with Gasteiger partial charge in [0.1, 0.15) is 0 Å². The van der Waals surface area contributed by atoms with Gasteiger partial charge in [0.15, 0.2) is 11.5 Å². The maximum absolute atomic E-state index is 12.2. The number of hydrogen-bond donors (Lipinski definition) is 0. The summed E-state index contributed by atoms with van der Waals surface area (Å²) in [7, 11) is 0. The Morgan fingerprint density at radius 1 is 0.897 bits per heavy atom. The number of Topliss-reactive ketones (excluding diaryl/α,β-unsaturated/α-hetero) is 1. The Kier molecular flexibility index (Phi) is 11.9. The molecule has 0 spiro atoms. The van der Waals surface area contributed by atoms with Crippen LogP contribution < -0.4 is 0 Å². The number of carbonyl (C=O) groups excluding carboxylic acids is 1. The number of ketones is 1. The van der Waals surface area contributed by atoms with Gasteiger partial charge in [-0.2, -0.15) is 0 Å². The zero-order valence-electron chi connectivity index (χ0n) is 18.0. The Balaban J connectivity index is 1.42. The maximum atomic E-state index is 12.2. The van der Waals surface area contributed by atoms with E-state index in [1.165, 1.54) is 70.6 Å². The SMILES string of the molecule is CCCCCCCC/C=C\CCCCCCCC(=O)c1ncc(-c2ccco2)o1. The number of carbonyl (C=O) groups is 1. The predicted molar refractivity (Wildman–Crippen MR) is 118 cm³/mol. The number of rotatable bonds is 17. The van der Waals surface area contributed by atoms with Crippen molar-refractivity contribution in [2.75, 3.05) is 0 Å². The molecule has 2 aromatic rings. The number of unbranched alkanes of at least 4 members (excludes halogenated alkanes) is 11. The lowest BCUT2D eigenvalue weighted by Crippen LogP contribution is -1.98. The highest BCUT2D eigenvalue weighted by atomic mass is 16.4. The van der Waals surface area contributed by atoms with E-state index in [-0.39, 0.29) is 11.7 Å². The van der Waals surface area contributed by atoms with Crippen molar-refractivity contribution in [2.24, 2.45) is 0 Å². The maximum Gasteiger partial charge on any atom is 0.263 e. The fourth-order valence-electron chi connectivity index (χ4n) is 3.40. The summed E-state index contributed by atoms with van der Waals surface area (Å²) >= 11 is 0. The summed E-state index contributed by atoms with van der Waals surface area (Å²) in [5.74, 6) is 1.26. The quantitative estimate of drug-likeness (QED) is 0.153. The van der Waals surface area contributed by atoms with E-state index in [2.05, 4.69) is 24.1 Å². The number of allylic oxidation sites excluding steroid dienone is 2. The van der Waals surface area contributed by atoms with Crippen molar-refractivity contribution in [3.8, 4) is 11.5 Å². The van der Waals surface area contributed by atoms with Gasteiger partial charge < -0.3 is 8.83 Å². The average molecular weight is 400 g/mol. The lowest BCUT2D eigenvalue weighted by molar-refractivity contribution is 0.0946. The lowest BCUT2D eigenvalue weighted by atomic mass is 10.1. The molecule has 4 heteroatoms. The molecule has 0 aromatic carbocycles. The van der Waals surface area contributed by atoms with Crippen LogP contribution >= 0.6 is 0 Å². The summed E-state index contributed by atoms with van der Waals surface area (Å²) in [6.07, 6.45) is 24.6. The van der Waals surface area contributed by atoms with Crippen LogP contribution in [0.4, 0.5) is 0 Å². The molecule has 0 aliphatic carbocycles. The minimum Gasteiger partial charge on any atom is -0.461 e. The van der Waals surface area contributed by atoms with Crippen LogP contribution in [0.5, 0.6) is 0 Å². The molecule has 29 heavy (non-hydrogen) atoms. The van der Waals surface area contributed by atoms with Gasteiger partial charge in [-0.15, -0.1) is 0 Å². The van der Waals surface area contributed by atoms with Crippen LogP contribution in [0.3, 0.4) is 0 Å². The highest BCUT2D eigenvalue weighted by molar-refractivity contribution is 5.91. The van der Waals surface area contributed by atoms with E-state index in [1.54, 1.807) is 24.6 Å². The number of hydrogen-bond acceptors (Lipinski definition) is 4. The molecular formula is C25H37NO3. The van der Waals surface area contributed by atoms with E-state index in [1.807, 2.05) is 0 Å². The van der Waals surface area contributed by atoms with Crippen molar-refractivity contribution < 1.29 is 13.6 Å². The second-order valence-corrected chi connectivity index (χ2v) is 7.76. The summed E-state index contributed by atoms with van der Waals surface area (Å²) in [4.78, 5) is 16.2. The molecule has 4 nitrogen and oxygen atoms in total. The van der Waals surface area contributed by atoms with Crippen LogP contribution in [0, 0.1) is 0 Å². The molecule has 0 amide bonds. The molecule has 2 rings (SSSR count). The first-order valence-electron chi connectivity index (χ1n) is 11.5. The second-order valence-electron chi connectivity index (χ2n) is 7.76. The lowest BCUT2D eigenvalue weighted by Gasteiger charge is -2.00. The largest absolute Gasteiger partial charge is 0.461 e. The molecular weight excluding hydrogens is 362 g/mol. The standard InChI is InChI=1S/C25H37NO3/c1-2-3-4-5-6-7-8-9-10-11-12-13-14-15-16-18-22(27)25-26-21-24(29-25)23-19-17-20-28-23/h9-10,17,19-21H,2-8,11-16,18H2,1H3/b10-9-. The van der Waals surface area contributed by atoms with E-state index in [0.29, 0.717) is 17.9 Å². The summed E-state index contributed by atoms with van der Waals surface area (Å²) in [5.41, 5.74) is 0. The summed E-state index contributed by atoms with van der Waals surface area (Å²) < 4.78 is 10.8.